The Morgan fingerprint density at radius 2 is 2.05 bits per heavy atom. The Morgan fingerprint density at radius 3 is 2.63 bits per heavy atom. The van der Waals surface area contributed by atoms with E-state index in [2.05, 4.69) is 26.1 Å². The van der Waals surface area contributed by atoms with Gasteiger partial charge in [-0.25, -0.2) is 4.39 Å². The van der Waals surface area contributed by atoms with Crippen LogP contribution in [0.15, 0.2) is 18.2 Å². The zero-order valence-corrected chi connectivity index (χ0v) is 12.5. The molecule has 3 heteroatoms. The van der Waals surface area contributed by atoms with E-state index >= 15 is 0 Å². The van der Waals surface area contributed by atoms with Crippen LogP contribution in [0.2, 0.25) is 0 Å². The van der Waals surface area contributed by atoms with Gasteiger partial charge in [-0.15, -0.1) is 0 Å². The van der Waals surface area contributed by atoms with E-state index in [1.165, 1.54) is 7.11 Å². The molecule has 1 atom stereocenters. The molecule has 0 aliphatic rings. The van der Waals surface area contributed by atoms with Crippen LogP contribution in [0.5, 0.6) is 5.75 Å². The molecule has 19 heavy (non-hydrogen) atoms. The SMILES string of the molecule is CCCC(CNC(C)C)Cc1cccc(OC)c1F. The van der Waals surface area contributed by atoms with Crippen LogP contribution >= 0.6 is 0 Å². The molecule has 1 rings (SSSR count). The molecule has 0 saturated carbocycles. The van der Waals surface area contributed by atoms with Crippen molar-refractivity contribution in [3.63, 3.8) is 0 Å². The van der Waals surface area contributed by atoms with Gasteiger partial charge in [0.25, 0.3) is 0 Å². The van der Waals surface area contributed by atoms with E-state index in [1.807, 2.05) is 12.1 Å². The summed E-state index contributed by atoms with van der Waals surface area (Å²) in [6, 6.07) is 5.85. The Hall–Kier alpha value is -1.09. The minimum Gasteiger partial charge on any atom is -0.494 e. The summed E-state index contributed by atoms with van der Waals surface area (Å²) in [5.74, 6) is 0.592. The molecule has 2 nitrogen and oxygen atoms in total. The molecule has 108 valence electrons. The molecule has 0 radical (unpaired) electrons. The number of hydrogen-bond acceptors (Lipinski definition) is 2. The van der Waals surface area contributed by atoms with Crippen LogP contribution in [0.1, 0.15) is 39.2 Å². The van der Waals surface area contributed by atoms with Gasteiger partial charge in [-0.1, -0.05) is 39.3 Å². The molecular formula is C16H26FNO. The van der Waals surface area contributed by atoms with Crippen LogP contribution in [0.25, 0.3) is 0 Å². The fraction of sp³-hybridized carbons (Fsp3) is 0.625. The first-order valence-electron chi connectivity index (χ1n) is 7.13. The lowest BCUT2D eigenvalue weighted by molar-refractivity contribution is 0.376. The summed E-state index contributed by atoms with van der Waals surface area (Å²) in [5, 5.41) is 3.44. The van der Waals surface area contributed by atoms with E-state index in [-0.39, 0.29) is 5.82 Å². The summed E-state index contributed by atoms with van der Waals surface area (Å²) in [4.78, 5) is 0. The second-order valence-electron chi connectivity index (χ2n) is 5.36. The lowest BCUT2D eigenvalue weighted by Crippen LogP contribution is -2.30. The molecular weight excluding hydrogens is 241 g/mol. The van der Waals surface area contributed by atoms with E-state index in [1.54, 1.807) is 6.07 Å². The first kappa shape index (κ1) is 16.0. The van der Waals surface area contributed by atoms with Crippen molar-refractivity contribution in [3.8, 4) is 5.75 Å². The van der Waals surface area contributed by atoms with Gasteiger partial charge in [-0.2, -0.15) is 0 Å². The number of rotatable bonds is 8. The van der Waals surface area contributed by atoms with E-state index in [0.717, 1.165) is 31.4 Å². The molecule has 0 aromatic heterocycles. The summed E-state index contributed by atoms with van der Waals surface area (Å²) in [6.07, 6.45) is 2.99. The normalized spacial score (nSPS) is 12.7. The number of benzene rings is 1. The number of nitrogens with one attached hydrogen (secondary N) is 1. The van der Waals surface area contributed by atoms with Gasteiger partial charge in [-0.05, 0) is 36.9 Å². The van der Waals surface area contributed by atoms with Gasteiger partial charge in [0, 0.05) is 6.04 Å². The largest absolute Gasteiger partial charge is 0.494 e. The Kier molecular flexibility index (Phi) is 6.85. The van der Waals surface area contributed by atoms with Crippen LogP contribution < -0.4 is 10.1 Å². The van der Waals surface area contributed by atoms with Crippen molar-refractivity contribution in [2.45, 2.75) is 46.1 Å². The van der Waals surface area contributed by atoms with Gasteiger partial charge < -0.3 is 10.1 Å². The van der Waals surface area contributed by atoms with Gasteiger partial charge in [0.2, 0.25) is 0 Å². The van der Waals surface area contributed by atoms with Crippen LogP contribution in [0, 0.1) is 11.7 Å². The molecule has 0 fully saturated rings. The third-order valence-corrected chi connectivity index (χ3v) is 3.28. The van der Waals surface area contributed by atoms with Crippen LogP contribution in [0.4, 0.5) is 4.39 Å². The zero-order chi connectivity index (χ0) is 14.3. The maximum Gasteiger partial charge on any atom is 0.168 e. The molecule has 1 aromatic carbocycles. The summed E-state index contributed by atoms with van der Waals surface area (Å²) >= 11 is 0. The standard InChI is InChI=1S/C16H26FNO/c1-5-7-13(11-18-12(2)3)10-14-8-6-9-15(19-4)16(14)17/h6,8-9,12-13,18H,5,7,10-11H2,1-4H3. The first-order valence-corrected chi connectivity index (χ1v) is 7.13. The summed E-state index contributed by atoms with van der Waals surface area (Å²) < 4.78 is 19.2. The molecule has 0 saturated heterocycles. The molecule has 0 amide bonds. The highest BCUT2D eigenvalue weighted by Crippen LogP contribution is 2.23. The summed E-state index contributed by atoms with van der Waals surface area (Å²) in [5.41, 5.74) is 0.753. The van der Waals surface area contributed by atoms with Crippen molar-refractivity contribution in [1.29, 1.82) is 0 Å². The van der Waals surface area contributed by atoms with E-state index < -0.39 is 0 Å². The molecule has 1 N–H and O–H groups in total. The van der Waals surface area contributed by atoms with Crippen LogP contribution in [-0.2, 0) is 6.42 Å². The lowest BCUT2D eigenvalue weighted by Gasteiger charge is -2.19. The maximum absolute atomic E-state index is 14.1. The monoisotopic (exact) mass is 267 g/mol. The number of methoxy groups -OCH3 is 1. The molecule has 0 aliphatic carbocycles. The highest BCUT2D eigenvalue weighted by molar-refractivity contribution is 5.31. The van der Waals surface area contributed by atoms with Crippen LogP contribution in [-0.4, -0.2) is 19.7 Å². The predicted molar refractivity (Wildman–Crippen MR) is 78.2 cm³/mol. The fourth-order valence-electron chi connectivity index (χ4n) is 2.27. The van der Waals surface area contributed by atoms with Crippen molar-refractivity contribution >= 4 is 0 Å². The van der Waals surface area contributed by atoms with Crippen molar-refractivity contribution in [3.05, 3.63) is 29.6 Å². The van der Waals surface area contributed by atoms with Crippen LogP contribution in [0.3, 0.4) is 0 Å². The Labute approximate surface area is 116 Å². The van der Waals surface area contributed by atoms with Crippen molar-refractivity contribution in [2.24, 2.45) is 5.92 Å². The third kappa shape index (κ3) is 5.19. The smallest absolute Gasteiger partial charge is 0.168 e. The van der Waals surface area contributed by atoms with Gasteiger partial charge >= 0.3 is 0 Å². The quantitative estimate of drug-likeness (QED) is 0.773. The van der Waals surface area contributed by atoms with Gasteiger partial charge in [0.15, 0.2) is 11.6 Å². The number of halogens is 1. The molecule has 1 unspecified atom stereocenters. The van der Waals surface area contributed by atoms with Crippen molar-refractivity contribution < 1.29 is 9.13 Å². The molecule has 1 aromatic rings. The number of ether oxygens (including phenoxy) is 1. The van der Waals surface area contributed by atoms with E-state index in [4.69, 9.17) is 4.74 Å². The minimum atomic E-state index is -0.212. The Bertz CT molecular complexity index is 379. The van der Waals surface area contributed by atoms with Gasteiger partial charge in [-0.3, -0.25) is 0 Å². The second-order valence-corrected chi connectivity index (χ2v) is 5.36. The first-order chi connectivity index (χ1) is 9.08. The third-order valence-electron chi connectivity index (χ3n) is 3.28. The summed E-state index contributed by atoms with van der Waals surface area (Å²) in [6.45, 7) is 7.37. The topological polar surface area (TPSA) is 21.3 Å². The lowest BCUT2D eigenvalue weighted by atomic mass is 9.94. The maximum atomic E-state index is 14.1. The minimum absolute atomic E-state index is 0.212. The van der Waals surface area contributed by atoms with Gasteiger partial charge in [0.1, 0.15) is 0 Å². The molecule has 0 bridgehead atoms. The molecule has 0 spiro atoms. The highest BCUT2D eigenvalue weighted by atomic mass is 19.1. The van der Waals surface area contributed by atoms with E-state index in [0.29, 0.717) is 17.7 Å². The fourth-order valence-corrected chi connectivity index (χ4v) is 2.27. The second kappa shape index (κ2) is 8.16. The average Bonchev–Trinajstić information content (AvgIpc) is 2.38. The number of hydrogen-bond donors (Lipinski definition) is 1. The average molecular weight is 267 g/mol. The van der Waals surface area contributed by atoms with Crippen molar-refractivity contribution in [2.75, 3.05) is 13.7 Å². The highest BCUT2D eigenvalue weighted by Gasteiger charge is 2.14. The Balaban J connectivity index is 2.72. The van der Waals surface area contributed by atoms with Crippen molar-refractivity contribution in [1.82, 2.24) is 5.32 Å². The molecule has 0 heterocycles. The Morgan fingerprint density at radius 1 is 1.32 bits per heavy atom. The predicted octanol–water partition coefficient (Wildman–Crippen LogP) is 3.79. The zero-order valence-electron chi connectivity index (χ0n) is 12.5. The van der Waals surface area contributed by atoms with E-state index in [9.17, 15) is 4.39 Å². The van der Waals surface area contributed by atoms with Gasteiger partial charge in [0.05, 0.1) is 7.11 Å². The molecule has 0 aliphatic heterocycles. The summed E-state index contributed by atoms with van der Waals surface area (Å²) in [7, 11) is 1.51.